The van der Waals surface area contributed by atoms with Gasteiger partial charge in [-0.25, -0.2) is 4.68 Å². The van der Waals surface area contributed by atoms with Crippen LogP contribution in [0.4, 0.5) is 0 Å². The number of ether oxygens (including phenoxy) is 1. The molecule has 0 saturated heterocycles. The van der Waals surface area contributed by atoms with E-state index >= 15 is 0 Å². The van der Waals surface area contributed by atoms with Crippen molar-refractivity contribution in [2.24, 2.45) is 0 Å². The summed E-state index contributed by atoms with van der Waals surface area (Å²) in [6.07, 6.45) is -0.689. The number of hydrogen-bond donors (Lipinski definition) is 1. The van der Waals surface area contributed by atoms with Crippen LogP contribution in [0.15, 0.2) is 18.2 Å². The second-order valence-electron chi connectivity index (χ2n) is 4.30. The summed E-state index contributed by atoms with van der Waals surface area (Å²) < 4.78 is 6.58. The first-order valence-corrected chi connectivity index (χ1v) is 6.72. The van der Waals surface area contributed by atoms with E-state index in [4.69, 9.17) is 33.0 Å². The molecule has 0 radical (unpaired) electrons. The lowest BCUT2D eigenvalue weighted by molar-refractivity contribution is -0.139. The molecule has 0 spiro atoms. The Morgan fingerprint density at radius 3 is 2.62 bits per heavy atom. The summed E-state index contributed by atoms with van der Waals surface area (Å²) in [5, 5.41) is 21.1. The normalized spacial score (nSPS) is 12.3. The number of benzene rings is 1. The van der Waals surface area contributed by atoms with Crippen LogP contribution >= 0.6 is 23.2 Å². The lowest BCUT2D eigenvalue weighted by Gasteiger charge is -2.13. The van der Waals surface area contributed by atoms with Crippen molar-refractivity contribution in [3.05, 3.63) is 28.2 Å². The monoisotopic (exact) mass is 330 g/mol. The van der Waals surface area contributed by atoms with Crippen molar-refractivity contribution in [3.63, 3.8) is 0 Å². The Balaban J connectivity index is 2.27. The van der Waals surface area contributed by atoms with Crippen molar-refractivity contribution in [2.75, 3.05) is 7.11 Å². The smallest absolute Gasteiger partial charge is 0.306 e. The topological polar surface area (TPSA) is 90.1 Å². The standard InChI is InChI=1S/C12H12Cl2N4O3/c1-21-10(5-11(19)20)6-18-12(15-16-17-18)7-2-8(13)4-9(14)3-7/h2-4,10H,5-6H2,1H3,(H,19,20). The highest BCUT2D eigenvalue weighted by atomic mass is 35.5. The molecule has 7 nitrogen and oxygen atoms in total. The van der Waals surface area contributed by atoms with Crippen molar-refractivity contribution in [1.29, 1.82) is 0 Å². The fraction of sp³-hybridized carbons (Fsp3) is 0.333. The number of methoxy groups -OCH3 is 1. The summed E-state index contributed by atoms with van der Waals surface area (Å²) in [4.78, 5) is 10.8. The average molecular weight is 331 g/mol. The van der Waals surface area contributed by atoms with Gasteiger partial charge in [0.25, 0.3) is 0 Å². The molecule has 112 valence electrons. The molecule has 0 aliphatic heterocycles. The zero-order valence-corrected chi connectivity index (χ0v) is 12.5. The average Bonchev–Trinajstić information content (AvgIpc) is 2.84. The van der Waals surface area contributed by atoms with Gasteiger partial charge in [0, 0.05) is 22.7 Å². The largest absolute Gasteiger partial charge is 0.481 e. The maximum atomic E-state index is 10.8. The molecule has 1 aromatic carbocycles. The van der Waals surface area contributed by atoms with Crippen LogP contribution in [0.25, 0.3) is 11.4 Å². The Morgan fingerprint density at radius 1 is 1.38 bits per heavy atom. The van der Waals surface area contributed by atoms with Crippen LogP contribution in [-0.4, -0.2) is 44.5 Å². The zero-order valence-electron chi connectivity index (χ0n) is 11.0. The van der Waals surface area contributed by atoms with Gasteiger partial charge in [0.2, 0.25) is 0 Å². The van der Waals surface area contributed by atoms with E-state index in [2.05, 4.69) is 15.5 Å². The molecule has 0 fully saturated rings. The van der Waals surface area contributed by atoms with Crippen LogP contribution in [-0.2, 0) is 16.1 Å². The summed E-state index contributed by atoms with van der Waals surface area (Å²) in [5.74, 6) is -0.519. The zero-order chi connectivity index (χ0) is 15.4. The van der Waals surface area contributed by atoms with Gasteiger partial charge >= 0.3 is 5.97 Å². The van der Waals surface area contributed by atoms with Crippen LogP contribution in [0, 0.1) is 0 Å². The second-order valence-corrected chi connectivity index (χ2v) is 5.17. The van der Waals surface area contributed by atoms with E-state index < -0.39 is 12.1 Å². The molecule has 1 atom stereocenters. The summed E-state index contributed by atoms with van der Waals surface area (Å²) in [6, 6.07) is 4.95. The lowest BCUT2D eigenvalue weighted by Crippen LogP contribution is -2.23. The predicted molar refractivity (Wildman–Crippen MR) is 76.3 cm³/mol. The summed E-state index contributed by atoms with van der Waals surface area (Å²) in [5.41, 5.74) is 0.641. The number of halogens is 2. The predicted octanol–water partition coefficient (Wildman–Crippen LogP) is 2.14. The number of carboxylic acid groups (broad SMARTS) is 1. The van der Waals surface area contributed by atoms with Gasteiger partial charge in [0.15, 0.2) is 5.82 Å². The molecule has 1 N–H and O–H groups in total. The van der Waals surface area contributed by atoms with E-state index in [0.717, 1.165) is 0 Å². The fourth-order valence-corrected chi connectivity index (χ4v) is 2.35. The number of aliphatic carboxylic acids is 1. The Labute approximate surface area is 130 Å². The van der Waals surface area contributed by atoms with Gasteiger partial charge in [-0.1, -0.05) is 23.2 Å². The van der Waals surface area contributed by atoms with Crippen LogP contribution in [0.5, 0.6) is 0 Å². The molecular weight excluding hydrogens is 319 g/mol. The lowest BCUT2D eigenvalue weighted by atomic mass is 10.2. The molecule has 2 aromatic rings. The van der Waals surface area contributed by atoms with E-state index in [0.29, 0.717) is 21.4 Å². The van der Waals surface area contributed by atoms with Crippen LogP contribution in [0.1, 0.15) is 6.42 Å². The summed E-state index contributed by atoms with van der Waals surface area (Å²) >= 11 is 11.9. The highest BCUT2D eigenvalue weighted by molar-refractivity contribution is 6.35. The molecular formula is C12H12Cl2N4O3. The molecule has 0 aliphatic rings. The van der Waals surface area contributed by atoms with Gasteiger partial charge in [-0.05, 0) is 28.6 Å². The molecule has 21 heavy (non-hydrogen) atoms. The number of carboxylic acids is 1. The second kappa shape index (κ2) is 6.84. The Morgan fingerprint density at radius 2 is 2.05 bits per heavy atom. The van der Waals surface area contributed by atoms with Crippen LogP contribution in [0.3, 0.4) is 0 Å². The fourth-order valence-electron chi connectivity index (χ4n) is 1.83. The summed E-state index contributed by atoms with van der Waals surface area (Å²) in [6.45, 7) is 0.204. The van der Waals surface area contributed by atoms with Crippen molar-refractivity contribution >= 4 is 29.2 Å². The number of rotatable bonds is 6. The minimum absolute atomic E-state index is 0.147. The third-order valence-electron chi connectivity index (χ3n) is 2.76. The van der Waals surface area contributed by atoms with Gasteiger partial charge in [0.05, 0.1) is 19.1 Å². The maximum absolute atomic E-state index is 10.8. The first-order chi connectivity index (χ1) is 9.99. The molecule has 1 unspecified atom stereocenters. The van der Waals surface area contributed by atoms with Crippen molar-refractivity contribution in [3.8, 4) is 11.4 Å². The number of nitrogens with zero attached hydrogens (tertiary/aromatic N) is 4. The highest BCUT2D eigenvalue weighted by Crippen LogP contribution is 2.25. The minimum Gasteiger partial charge on any atom is -0.481 e. The first-order valence-electron chi connectivity index (χ1n) is 5.97. The first kappa shape index (κ1) is 15.7. The maximum Gasteiger partial charge on any atom is 0.306 e. The Hall–Kier alpha value is -1.70. The van der Waals surface area contributed by atoms with Crippen molar-refractivity contribution in [1.82, 2.24) is 20.2 Å². The summed E-state index contributed by atoms with van der Waals surface area (Å²) in [7, 11) is 1.44. The third-order valence-corrected chi connectivity index (χ3v) is 3.20. The van der Waals surface area contributed by atoms with Gasteiger partial charge in [-0.15, -0.1) is 5.10 Å². The third kappa shape index (κ3) is 4.13. The number of hydrogen-bond acceptors (Lipinski definition) is 5. The number of carbonyl (C=O) groups is 1. The molecule has 0 amide bonds. The molecule has 0 saturated carbocycles. The molecule has 2 rings (SSSR count). The SMILES string of the molecule is COC(CC(=O)O)Cn1nnnc1-c1cc(Cl)cc(Cl)c1. The van der Waals surface area contributed by atoms with Crippen LogP contribution < -0.4 is 0 Å². The van der Waals surface area contributed by atoms with Crippen molar-refractivity contribution < 1.29 is 14.6 Å². The number of tetrazole rings is 1. The van der Waals surface area contributed by atoms with E-state index in [1.165, 1.54) is 11.8 Å². The highest BCUT2D eigenvalue weighted by Gasteiger charge is 2.17. The minimum atomic E-state index is -0.956. The number of aromatic nitrogens is 4. The Bertz CT molecular complexity index is 627. The van der Waals surface area contributed by atoms with Crippen molar-refractivity contribution in [2.45, 2.75) is 19.1 Å². The van der Waals surface area contributed by atoms with Gasteiger partial charge < -0.3 is 9.84 Å². The van der Waals surface area contributed by atoms with Gasteiger partial charge in [-0.2, -0.15) is 0 Å². The van der Waals surface area contributed by atoms with Gasteiger partial charge in [-0.3, -0.25) is 4.79 Å². The van der Waals surface area contributed by atoms with E-state index in [9.17, 15) is 4.79 Å². The quantitative estimate of drug-likeness (QED) is 0.872. The molecule has 1 heterocycles. The van der Waals surface area contributed by atoms with Crippen LogP contribution in [0.2, 0.25) is 10.0 Å². The molecule has 0 bridgehead atoms. The molecule has 0 aliphatic carbocycles. The molecule has 1 aromatic heterocycles. The Kier molecular flexibility index (Phi) is 5.11. The van der Waals surface area contributed by atoms with E-state index in [1.807, 2.05) is 0 Å². The molecule has 9 heteroatoms. The van der Waals surface area contributed by atoms with Gasteiger partial charge in [0.1, 0.15) is 0 Å². The van der Waals surface area contributed by atoms with E-state index in [1.54, 1.807) is 18.2 Å². The van der Waals surface area contributed by atoms with E-state index in [-0.39, 0.29) is 13.0 Å².